The van der Waals surface area contributed by atoms with Crippen molar-refractivity contribution in [2.24, 2.45) is 7.05 Å². The van der Waals surface area contributed by atoms with E-state index < -0.39 is 46.6 Å². The molecule has 4 heterocycles. The van der Waals surface area contributed by atoms with Crippen LogP contribution < -0.4 is 27.0 Å². The quantitative estimate of drug-likeness (QED) is 0.0653. The Kier molecular flexibility index (Phi) is 13.6. The minimum Gasteiger partial charge on any atom is -0.388 e. The number of anilines is 2. The lowest BCUT2D eigenvalue weighted by atomic mass is 9.55. The van der Waals surface area contributed by atoms with E-state index in [-0.39, 0.29) is 53.6 Å². The van der Waals surface area contributed by atoms with Crippen LogP contribution in [0, 0.1) is 17.7 Å². The SMILES string of the molecule is CNc1cc(Cl)ccc1C1(C=O)[C@@H](c2cccc(Cl)c2F)C(C(=O)Nc2ccc(C(=O)N3CCC(OCC#Cc4cccc5c4n(C)c(=O)n5C4CCC(=O)NC4=O)CC3)cc2)NC12CCCCC2. The Morgan fingerprint density at radius 2 is 1.70 bits per heavy atom. The number of benzene rings is 4. The molecule has 1 aliphatic carbocycles. The van der Waals surface area contributed by atoms with Crippen molar-refractivity contribution in [1.82, 2.24) is 24.7 Å². The summed E-state index contributed by atoms with van der Waals surface area (Å²) in [7, 11) is 3.36. The molecule has 1 spiro atoms. The first-order chi connectivity index (χ1) is 33.3. The van der Waals surface area contributed by atoms with Crippen LogP contribution in [0.1, 0.15) is 96.8 Å². The van der Waals surface area contributed by atoms with E-state index in [9.17, 15) is 28.8 Å². The van der Waals surface area contributed by atoms with E-state index in [1.165, 1.54) is 15.2 Å². The smallest absolute Gasteiger partial charge is 0.329 e. The highest BCUT2D eigenvalue weighted by Gasteiger charge is 2.67. The summed E-state index contributed by atoms with van der Waals surface area (Å²) < 4.78 is 25.3. The van der Waals surface area contributed by atoms with Crippen LogP contribution in [0.3, 0.4) is 0 Å². The van der Waals surface area contributed by atoms with Gasteiger partial charge in [0.1, 0.15) is 24.8 Å². The summed E-state index contributed by atoms with van der Waals surface area (Å²) in [5.74, 6) is 2.97. The summed E-state index contributed by atoms with van der Waals surface area (Å²) in [4.78, 5) is 81.9. The van der Waals surface area contributed by atoms with Gasteiger partial charge in [-0.25, -0.2) is 9.18 Å². The number of piperidine rings is 2. The first-order valence-corrected chi connectivity index (χ1v) is 24.1. The van der Waals surface area contributed by atoms with E-state index in [1.807, 2.05) is 0 Å². The van der Waals surface area contributed by atoms with Gasteiger partial charge in [-0.15, -0.1) is 0 Å². The van der Waals surface area contributed by atoms with Crippen LogP contribution in [0.5, 0.6) is 0 Å². The number of imidazole rings is 1. The van der Waals surface area contributed by atoms with Gasteiger partial charge in [-0.05, 0) is 97.8 Å². The van der Waals surface area contributed by atoms with Crippen molar-refractivity contribution in [3.8, 4) is 11.8 Å². The number of ether oxygens (including phenoxy) is 1. The van der Waals surface area contributed by atoms with Crippen molar-refractivity contribution < 1.29 is 33.1 Å². The van der Waals surface area contributed by atoms with Gasteiger partial charge in [-0.2, -0.15) is 0 Å². The molecule has 4 fully saturated rings. The predicted octanol–water partition coefficient (Wildman–Crippen LogP) is 7.01. The molecule has 1 saturated carbocycles. The monoisotopic (exact) mass is 975 g/mol. The number of hydrogen-bond acceptors (Lipinski definition) is 9. The van der Waals surface area contributed by atoms with E-state index in [1.54, 1.807) is 91.8 Å². The van der Waals surface area contributed by atoms with Crippen molar-refractivity contribution >= 4 is 75.5 Å². The van der Waals surface area contributed by atoms with Crippen LogP contribution in [0.2, 0.25) is 10.0 Å². The molecule has 4 atom stereocenters. The summed E-state index contributed by atoms with van der Waals surface area (Å²) in [6, 6.07) is 20.0. The van der Waals surface area contributed by atoms with Crippen LogP contribution in [0.15, 0.2) is 83.7 Å². The van der Waals surface area contributed by atoms with Crippen molar-refractivity contribution in [2.45, 2.75) is 92.8 Å². The maximum Gasteiger partial charge on any atom is 0.329 e. The predicted molar refractivity (Wildman–Crippen MR) is 261 cm³/mol. The van der Waals surface area contributed by atoms with E-state index in [0.29, 0.717) is 82.9 Å². The Balaban J connectivity index is 0.863. The largest absolute Gasteiger partial charge is 0.388 e. The molecular formula is C52H52Cl2FN7O7. The van der Waals surface area contributed by atoms with Gasteiger partial charge in [0.25, 0.3) is 5.91 Å². The van der Waals surface area contributed by atoms with E-state index in [0.717, 1.165) is 25.5 Å². The van der Waals surface area contributed by atoms with Crippen LogP contribution in [0.25, 0.3) is 11.0 Å². The number of halogens is 3. The number of imide groups is 1. The molecule has 3 saturated heterocycles. The van der Waals surface area contributed by atoms with Crippen LogP contribution in [-0.2, 0) is 36.4 Å². The maximum atomic E-state index is 16.3. The summed E-state index contributed by atoms with van der Waals surface area (Å²) in [5, 5.41) is 12.5. The average Bonchev–Trinajstić information content (AvgIpc) is 3.78. The van der Waals surface area contributed by atoms with E-state index in [2.05, 4.69) is 33.1 Å². The normalized spacial score (nSPS) is 22.5. The number of aryl methyl sites for hydroxylation is 1. The zero-order valence-corrected chi connectivity index (χ0v) is 39.7. The van der Waals surface area contributed by atoms with Crippen molar-refractivity contribution in [3.63, 3.8) is 0 Å². The molecule has 4 aromatic carbocycles. The Hall–Kier alpha value is -6.31. The van der Waals surface area contributed by atoms with E-state index in [4.69, 9.17) is 27.9 Å². The standard InChI is InChI=1S/C52H52Cl2FN7O7/c1-56-39-29-33(53)16-19-37(39)52(30-63)43(36-11-7-12-38(54)44(36)55)45(59-51(52)24-4-3-5-25-51)48(66)57-34-17-14-32(15-18-34)49(67)61-26-22-35(23-27-61)69-28-8-10-31-9-6-13-40-46(31)60(2)50(68)62(40)41-20-21-42(64)58-47(41)65/h6-7,9,11-19,29-30,35,41,43,45,56,59H,3-5,20-28H2,1-2H3,(H,57,66)(H,58,64,65)/t41?,43-,45?,52?/m0/s1. The topological polar surface area (TPSA) is 173 Å². The van der Waals surface area contributed by atoms with Crippen LogP contribution in [-0.4, -0.2) is 88.4 Å². The highest BCUT2D eigenvalue weighted by Crippen LogP contribution is 2.59. The molecule has 0 radical (unpaired) electrons. The lowest BCUT2D eigenvalue weighted by Gasteiger charge is -2.48. The third-order valence-corrected chi connectivity index (χ3v) is 15.1. The number of rotatable bonds is 10. The molecule has 14 nitrogen and oxygen atoms in total. The van der Waals surface area contributed by atoms with Gasteiger partial charge < -0.3 is 25.1 Å². The van der Waals surface area contributed by atoms with Crippen LogP contribution >= 0.6 is 23.2 Å². The fraction of sp³-hybridized carbons (Fsp3) is 0.385. The van der Waals surface area contributed by atoms with Crippen LogP contribution in [0.4, 0.5) is 15.8 Å². The van der Waals surface area contributed by atoms with Crippen molar-refractivity contribution in [2.75, 3.05) is 37.4 Å². The molecular weight excluding hydrogens is 925 g/mol. The second kappa shape index (κ2) is 19.6. The number of para-hydroxylation sites is 1. The van der Waals surface area contributed by atoms with Crippen molar-refractivity contribution in [1.29, 1.82) is 0 Å². The summed E-state index contributed by atoms with van der Waals surface area (Å²) in [5.41, 5.74) is 1.24. The number of carbonyl (C=O) groups is 5. The Labute approximate surface area is 408 Å². The molecule has 1 aromatic heterocycles. The fourth-order valence-corrected chi connectivity index (χ4v) is 11.7. The zero-order valence-electron chi connectivity index (χ0n) is 38.2. The number of carbonyl (C=O) groups excluding carboxylic acids is 5. The van der Waals surface area contributed by atoms with Gasteiger partial charge >= 0.3 is 5.69 Å². The highest BCUT2D eigenvalue weighted by atomic mass is 35.5. The number of hydrogen-bond donors (Lipinski definition) is 4. The molecule has 3 aliphatic heterocycles. The number of nitrogens with one attached hydrogen (secondary N) is 4. The minimum absolute atomic E-state index is 0.119. The molecule has 9 rings (SSSR count). The number of aromatic nitrogens is 2. The van der Waals surface area contributed by atoms with Gasteiger partial charge in [0.05, 0.1) is 39.2 Å². The van der Waals surface area contributed by atoms with E-state index >= 15 is 4.39 Å². The van der Waals surface area contributed by atoms with Gasteiger partial charge in [-0.1, -0.05) is 78.6 Å². The first-order valence-electron chi connectivity index (χ1n) is 23.3. The molecule has 0 bridgehead atoms. The number of nitrogens with zero attached hydrogens (tertiary/aromatic N) is 3. The fourth-order valence-electron chi connectivity index (χ4n) is 11.3. The lowest BCUT2D eigenvalue weighted by Crippen LogP contribution is -2.58. The Morgan fingerprint density at radius 1 is 0.957 bits per heavy atom. The number of amides is 4. The first kappa shape index (κ1) is 47.7. The number of likely N-dealkylation sites (tertiary alicyclic amines) is 1. The van der Waals surface area contributed by atoms with Gasteiger partial charge in [0.15, 0.2) is 0 Å². The summed E-state index contributed by atoms with van der Waals surface area (Å²) in [6.45, 7) is 1.05. The third-order valence-electron chi connectivity index (χ3n) is 14.6. The summed E-state index contributed by atoms with van der Waals surface area (Å²) in [6.07, 6.45) is 6.03. The highest BCUT2D eigenvalue weighted by molar-refractivity contribution is 6.31. The molecule has 5 aromatic rings. The molecule has 3 unspecified atom stereocenters. The molecule has 358 valence electrons. The van der Waals surface area contributed by atoms with Gasteiger partial charge in [0.2, 0.25) is 17.7 Å². The maximum absolute atomic E-state index is 16.3. The van der Waals surface area contributed by atoms with Gasteiger partial charge in [-0.3, -0.25) is 38.9 Å². The second-order valence-electron chi connectivity index (χ2n) is 18.3. The zero-order chi connectivity index (χ0) is 48.6. The molecule has 17 heteroatoms. The molecule has 4 N–H and O–H groups in total. The Bertz CT molecular complexity index is 2980. The Morgan fingerprint density at radius 3 is 2.41 bits per heavy atom. The number of aldehydes is 1. The number of fused-ring (bicyclic) bond motifs is 1. The molecule has 69 heavy (non-hydrogen) atoms. The van der Waals surface area contributed by atoms with Crippen molar-refractivity contribution in [3.05, 3.63) is 127 Å². The summed E-state index contributed by atoms with van der Waals surface area (Å²) >= 11 is 12.9. The molecule has 4 aliphatic rings. The van der Waals surface area contributed by atoms with Gasteiger partial charge in [0, 0.05) is 67.0 Å². The lowest BCUT2D eigenvalue weighted by molar-refractivity contribution is -0.135. The minimum atomic E-state index is -1.42. The second-order valence-corrected chi connectivity index (χ2v) is 19.2. The third kappa shape index (κ3) is 8.62. The average molecular weight is 977 g/mol. The molecule has 4 amide bonds.